The Hall–Kier alpha value is -1.16. The van der Waals surface area contributed by atoms with Gasteiger partial charge in [-0.25, -0.2) is 8.78 Å². The van der Waals surface area contributed by atoms with Crippen molar-refractivity contribution in [1.29, 1.82) is 0 Å². The summed E-state index contributed by atoms with van der Waals surface area (Å²) in [5, 5.41) is 3.28. The third-order valence-electron chi connectivity index (χ3n) is 3.22. The summed E-state index contributed by atoms with van der Waals surface area (Å²) in [7, 11) is 1.42. The third kappa shape index (κ3) is 2.94. The van der Waals surface area contributed by atoms with Gasteiger partial charge in [-0.2, -0.15) is 0 Å². The van der Waals surface area contributed by atoms with E-state index in [4.69, 9.17) is 4.74 Å². The monoisotopic (exact) mass is 241 g/mol. The molecule has 2 nitrogen and oxygen atoms in total. The summed E-state index contributed by atoms with van der Waals surface area (Å²) in [6.45, 7) is 2.01. The van der Waals surface area contributed by atoms with Crippen molar-refractivity contribution in [1.82, 2.24) is 5.32 Å². The molecule has 0 bridgehead atoms. The van der Waals surface area contributed by atoms with Crippen LogP contribution in [0.5, 0.6) is 5.75 Å². The van der Waals surface area contributed by atoms with Gasteiger partial charge in [0.15, 0.2) is 0 Å². The third-order valence-corrected chi connectivity index (χ3v) is 3.22. The first kappa shape index (κ1) is 12.3. The van der Waals surface area contributed by atoms with Gasteiger partial charge in [0.25, 0.3) is 6.43 Å². The van der Waals surface area contributed by atoms with Gasteiger partial charge in [-0.1, -0.05) is 6.07 Å². The number of ether oxygens (including phenoxy) is 1. The normalized spacial score (nSPS) is 19.9. The van der Waals surface area contributed by atoms with Crippen molar-refractivity contribution in [3.63, 3.8) is 0 Å². The number of hydrogen-bond acceptors (Lipinski definition) is 2. The Labute approximate surface area is 100.0 Å². The zero-order valence-corrected chi connectivity index (χ0v) is 9.88. The maximum atomic E-state index is 12.8. The van der Waals surface area contributed by atoms with Crippen molar-refractivity contribution < 1.29 is 13.5 Å². The van der Waals surface area contributed by atoms with Crippen LogP contribution in [-0.2, 0) is 6.42 Å². The molecule has 0 aliphatic carbocycles. The molecular formula is C13H17F2NO. The molecule has 0 spiro atoms. The summed E-state index contributed by atoms with van der Waals surface area (Å²) < 4.78 is 30.6. The van der Waals surface area contributed by atoms with Gasteiger partial charge in [0.2, 0.25) is 0 Å². The molecule has 0 saturated carbocycles. The zero-order valence-electron chi connectivity index (χ0n) is 9.88. The Morgan fingerprint density at radius 2 is 2.29 bits per heavy atom. The molecule has 0 aromatic heterocycles. The van der Waals surface area contributed by atoms with Gasteiger partial charge < -0.3 is 10.1 Å². The molecule has 1 N–H and O–H groups in total. The van der Waals surface area contributed by atoms with Crippen molar-refractivity contribution >= 4 is 0 Å². The van der Waals surface area contributed by atoms with Crippen molar-refractivity contribution in [3.8, 4) is 5.75 Å². The van der Waals surface area contributed by atoms with Crippen LogP contribution in [0.25, 0.3) is 0 Å². The Morgan fingerprint density at radius 3 is 2.88 bits per heavy atom. The van der Waals surface area contributed by atoms with Crippen LogP contribution in [0.15, 0.2) is 18.2 Å². The topological polar surface area (TPSA) is 21.3 Å². The average molecular weight is 241 g/mol. The predicted molar refractivity (Wildman–Crippen MR) is 62.6 cm³/mol. The van der Waals surface area contributed by atoms with E-state index in [1.165, 1.54) is 7.11 Å². The van der Waals surface area contributed by atoms with Crippen molar-refractivity contribution in [2.24, 2.45) is 5.92 Å². The lowest BCUT2D eigenvalue weighted by atomic mass is 9.97. The first-order chi connectivity index (χ1) is 8.20. The Morgan fingerprint density at radius 1 is 1.47 bits per heavy atom. The molecule has 0 radical (unpaired) electrons. The fraction of sp³-hybridized carbons (Fsp3) is 0.538. The van der Waals surface area contributed by atoms with Gasteiger partial charge in [-0.15, -0.1) is 0 Å². The molecule has 4 heteroatoms. The van der Waals surface area contributed by atoms with Crippen LogP contribution < -0.4 is 10.1 Å². The Balaban J connectivity index is 2.14. The lowest BCUT2D eigenvalue weighted by Gasteiger charge is -2.12. The fourth-order valence-corrected chi connectivity index (χ4v) is 2.30. The average Bonchev–Trinajstić information content (AvgIpc) is 2.81. The minimum atomic E-state index is -2.48. The van der Waals surface area contributed by atoms with Crippen LogP contribution in [0, 0.1) is 5.92 Å². The highest BCUT2D eigenvalue weighted by Crippen LogP contribution is 2.30. The fourth-order valence-electron chi connectivity index (χ4n) is 2.30. The molecule has 1 unspecified atom stereocenters. The summed E-state index contributed by atoms with van der Waals surface area (Å²) in [5.41, 5.74) is 0.964. The standard InChI is InChI=1S/C13H17F2NO/c1-17-12-3-2-9(7-11(12)13(14)15)6-10-4-5-16-8-10/h2-3,7,10,13,16H,4-6,8H2,1H3. The molecular weight excluding hydrogens is 224 g/mol. The SMILES string of the molecule is COc1ccc(CC2CCNC2)cc1C(F)F. The smallest absolute Gasteiger partial charge is 0.267 e. The second-order valence-corrected chi connectivity index (χ2v) is 4.44. The summed E-state index contributed by atoms with van der Waals surface area (Å²) >= 11 is 0. The van der Waals surface area contributed by atoms with Crippen molar-refractivity contribution in [3.05, 3.63) is 29.3 Å². The molecule has 1 aliphatic rings. The first-order valence-corrected chi connectivity index (χ1v) is 5.86. The van der Waals surface area contributed by atoms with E-state index < -0.39 is 6.43 Å². The van der Waals surface area contributed by atoms with Gasteiger partial charge in [0.05, 0.1) is 12.7 Å². The van der Waals surface area contributed by atoms with Crippen molar-refractivity contribution in [2.75, 3.05) is 20.2 Å². The predicted octanol–water partition coefficient (Wildman–Crippen LogP) is 2.78. The number of methoxy groups -OCH3 is 1. The minimum Gasteiger partial charge on any atom is -0.496 e. The van der Waals surface area contributed by atoms with E-state index in [9.17, 15) is 8.78 Å². The molecule has 0 amide bonds. The molecule has 1 heterocycles. The van der Waals surface area contributed by atoms with E-state index >= 15 is 0 Å². The molecule has 94 valence electrons. The quantitative estimate of drug-likeness (QED) is 0.875. The first-order valence-electron chi connectivity index (χ1n) is 5.86. The second kappa shape index (κ2) is 5.45. The van der Waals surface area contributed by atoms with Gasteiger partial charge in [0, 0.05) is 0 Å². The highest BCUT2D eigenvalue weighted by molar-refractivity contribution is 5.38. The van der Waals surface area contributed by atoms with E-state index in [0.717, 1.165) is 31.5 Å². The van der Waals surface area contributed by atoms with E-state index in [0.29, 0.717) is 5.92 Å². The van der Waals surface area contributed by atoms with E-state index in [1.807, 2.05) is 6.07 Å². The molecule has 1 aromatic carbocycles. The largest absolute Gasteiger partial charge is 0.496 e. The van der Waals surface area contributed by atoms with Crippen molar-refractivity contribution in [2.45, 2.75) is 19.3 Å². The van der Waals surface area contributed by atoms with Crippen LogP contribution in [0.4, 0.5) is 8.78 Å². The van der Waals surface area contributed by atoms with Crippen LogP contribution in [0.2, 0.25) is 0 Å². The molecule has 1 aliphatic heterocycles. The number of benzene rings is 1. The van der Waals surface area contributed by atoms with E-state index in [-0.39, 0.29) is 11.3 Å². The maximum absolute atomic E-state index is 12.8. The van der Waals surface area contributed by atoms with Gasteiger partial charge >= 0.3 is 0 Å². The van der Waals surface area contributed by atoms with Crippen LogP contribution in [-0.4, -0.2) is 20.2 Å². The lowest BCUT2D eigenvalue weighted by Crippen LogP contribution is -2.11. The summed E-state index contributed by atoms with van der Waals surface area (Å²) in [6.07, 6.45) is -0.501. The van der Waals surface area contributed by atoms with Gasteiger partial charge in [-0.05, 0) is 49.5 Å². The molecule has 1 aromatic rings. The number of halogens is 2. The number of rotatable bonds is 4. The number of hydrogen-bond donors (Lipinski definition) is 1. The summed E-state index contributed by atoms with van der Waals surface area (Å²) in [5.74, 6) is 0.835. The Bertz CT molecular complexity index is 376. The minimum absolute atomic E-state index is 0.00374. The Kier molecular flexibility index (Phi) is 3.94. The number of nitrogens with one attached hydrogen (secondary N) is 1. The van der Waals surface area contributed by atoms with Gasteiger partial charge in [-0.3, -0.25) is 0 Å². The van der Waals surface area contributed by atoms with E-state index in [2.05, 4.69) is 5.32 Å². The highest BCUT2D eigenvalue weighted by Gasteiger charge is 2.18. The van der Waals surface area contributed by atoms with Crippen LogP contribution in [0.3, 0.4) is 0 Å². The molecule has 1 fully saturated rings. The maximum Gasteiger partial charge on any atom is 0.267 e. The summed E-state index contributed by atoms with van der Waals surface area (Å²) in [6, 6.07) is 5.09. The second-order valence-electron chi connectivity index (χ2n) is 4.44. The number of alkyl halides is 2. The molecule has 1 atom stereocenters. The lowest BCUT2D eigenvalue weighted by molar-refractivity contribution is 0.147. The molecule has 2 rings (SSSR count). The summed E-state index contributed by atoms with van der Waals surface area (Å²) in [4.78, 5) is 0. The van der Waals surface area contributed by atoms with Crippen LogP contribution >= 0.6 is 0 Å². The highest BCUT2D eigenvalue weighted by atomic mass is 19.3. The molecule has 1 saturated heterocycles. The zero-order chi connectivity index (χ0) is 12.3. The van der Waals surface area contributed by atoms with Crippen LogP contribution in [0.1, 0.15) is 24.0 Å². The van der Waals surface area contributed by atoms with E-state index in [1.54, 1.807) is 12.1 Å². The van der Waals surface area contributed by atoms with Gasteiger partial charge in [0.1, 0.15) is 5.75 Å². The molecule has 17 heavy (non-hydrogen) atoms.